The molecule has 0 saturated carbocycles. The Morgan fingerprint density at radius 2 is 1.96 bits per heavy atom. The van der Waals surface area contributed by atoms with Gasteiger partial charge in [0.05, 0.1) is 22.9 Å². The molecule has 25 heavy (non-hydrogen) atoms. The van der Waals surface area contributed by atoms with Gasteiger partial charge in [0.25, 0.3) is 0 Å². The topological polar surface area (TPSA) is 95.9 Å². The van der Waals surface area contributed by atoms with Crippen molar-refractivity contribution in [1.29, 1.82) is 0 Å². The number of ether oxygens (including phenoxy) is 1. The highest BCUT2D eigenvalue weighted by atomic mass is 79.9. The van der Waals surface area contributed by atoms with Crippen molar-refractivity contribution < 1.29 is 24.5 Å². The number of carboxylic acids is 1. The van der Waals surface area contributed by atoms with Crippen molar-refractivity contribution in [2.45, 2.75) is 12.8 Å². The second kappa shape index (κ2) is 8.73. The number of amides is 1. The second-order valence-electron chi connectivity index (χ2n) is 5.11. The van der Waals surface area contributed by atoms with Crippen molar-refractivity contribution in [3.05, 3.63) is 51.5 Å². The summed E-state index contributed by atoms with van der Waals surface area (Å²) in [6.07, 6.45) is 0.572. The van der Waals surface area contributed by atoms with E-state index >= 15 is 0 Å². The molecule has 3 N–H and O–H groups in total. The quantitative estimate of drug-likeness (QED) is 0.451. The summed E-state index contributed by atoms with van der Waals surface area (Å²) in [5.41, 5.74) is 0.0306. The van der Waals surface area contributed by atoms with E-state index in [1.54, 1.807) is 18.2 Å². The van der Waals surface area contributed by atoms with Crippen molar-refractivity contribution in [3.8, 4) is 11.5 Å². The normalized spacial score (nSPS) is 10.3. The standard InChI is InChI=1S/C17H15BrClNO5/c18-11-4-6-15(12(19)9-11)25-7-1-2-16(22)20-13-8-10(17(23)24)3-5-14(13)21/h3-6,8-9,21H,1-2,7H2,(H,20,22)(H,23,24). The summed E-state index contributed by atoms with van der Waals surface area (Å²) in [6.45, 7) is 0.288. The predicted octanol–water partition coefficient (Wildman–Crippen LogP) is 4.30. The molecule has 2 rings (SSSR count). The smallest absolute Gasteiger partial charge is 0.335 e. The molecule has 0 spiro atoms. The first-order valence-electron chi connectivity index (χ1n) is 7.31. The molecule has 2 aromatic rings. The van der Waals surface area contributed by atoms with Crippen LogP contribution in [0.3, 0.4) is 0 Å². The minimum atomic E-state index is -1.14. The number of hydrogen-bond donors (Lipinski definition) is 3. The van der Waals surface area contributed by atoms with Crippen LogP contribution >= 0.6 is 27.5 Å². The Kier molecular flexibility index (Phi) is 6.66. The maximum absolute atomic E-state index is 11.9. The Morgan fingerprint density at radius 1 is 1.20 bits per heavy atom. The van der Waals surface area contributed by atoms with E-state index in [4.69, 9.17) is 21.4 Å². The van der Waals surface area contributed by atoms with Crippen molar-refractivity contribution in [2.75, 3.05) is 11.9 Å². The first kappa shape index (κ1) is 19.1. The zero-order valence-electron chi connectivity index (χ0n) is 13.0. The number of hydrogen-bond acceptors (Lipinski definition) is 4. The third-order valence-electron chi connectivity index (χ3n) is 3.22. The highest BCUT2D eigenvalue weighted by Gasteiger charge is 2.11. The third-order valence-corrected chi connectivity index (χ3v) is 4.01. The van der Waals surface area contributed by atoms with Gasteiger partial charge in [-0.05, 0) is 42.8 Å². The van der Waals surface area contributed by atoms with Gasteiger partial charge in [0, 0.05) is 10.9 Å². The van der Waals surface area contributed by atoms with Crippen LogP contribution in [0.5, 0.6) is 11.5 Å². The summed E-state index contributed by atoms with van der Waals surface area (Å²) < 4.78 is 6.35. The number of carbonyl (C=O) groups excluding carboxylic acids is 1. The summed E-state index contributed by atoms with van der Waals surface area (Å²) in [4.78, 5) is 22.8. The van der Waals surface area contributed by atoms with Crippen LogP contribution in [0, 0.1) is 0 Å². The van der Waals surface area contributed by atoms with Gasteiger partial charge < -0.3 is 20.3 Å². The van der Waals surface area contributed by atoms with E-state index in [0.29, 0.717) is 17.2 Å². The highest BCUT2D eigenvalue weighted by Crippen LogP contribution is 2.28. The van der Waals surface area contributed by atoms with E-state index in [2.05, 4.69) is 21.2 Å². The number of carboxylic acid groups (broad SMARTS) is 1. The SMILES string of the molecule is O=C(CCCOc1ccc(Br)cc1Cl)Nc1cc(C(=O)O)ccc1O. The first-order valence-corrected chi connectivity index (χ1v) is 8.48. The molecule has 0 aliphatic heterocycles. The van der Waals surface area contributed by atoms with Crippen molar-refractivity contribution >= 4 is 45.1 Å². The van der Waals surface area contributed by atoms with Crippen molar-refractivity contribution in [1.82, 2.24) is 0 Å². The van der Waals surface area contributed by atoms with Gasteiger partial charge in [0.2, 0.25) is 5.91 Å². The minimum Gasteiger partial charge on any atom is -0.506 e. The van der Waals surface area contributed by atoms with E-state index in [9.17, 15) is 14.7 Å². The fraction of sp³-hybridized carbons (Fsp3) is 0.176. The molecule has 0 radical (unpaired) electrons. The maximum atomic E-state index is 11.9. The largest absolute Gasteiger partial charge is 0.506 e. The zero-order chi connectivity index (χ0) is 18.4. The molecule has 0 aliphatic rings. The molecule has 0 atom stereocenters. The third kappa shape index (κ3) is 5.65. The number of benzene rings is 2. The lowest BCUT2D eigenvalue weighted by atomic mass is 10.2. The molecule has 2 aromatic carbocycles. The molecule has 0 aliphatic carbocycles. The van der Waals surface area contributed by atoms with Crippen LogP contribution in [0.4, 0.5) is 5.69 Å². The van der Waals surface area contributed by atoms with Gasteiger partial charge in [-0.15, -0.1) is 0 Å². The molecule has 132 valence electrons. The van der Waals surface area contributed by atoms with Crippen LogP contribution in [-0.2, 0) is 4.79 Å². The van der Waals surface area contributed by atoms with Gasteiger partial charge in [-0.2, -0.15) is 0 Å². The molecule has 6 nitrogen and oxygen atoms in total. The number of carbonyl (C=O) groups is 2. The van der Waals surface area contributed by atoms with Gasteiger partial charge in [-0.3, -0.25) is 4.79 Å². The minimum absolute atomic E-state index is 0.0266. The van der Waals surface area contributed by atoms with E-state index in [-0.39, 0.29) is 35.9 Å². The fourth-order valence-corrected chi connectivity index (χ4v) is 2.72. The summed E-state index contributed by atoms with van der Waals surface area (Å²) in [5, 5.41) is 21.6. The van der Waals surface area contributed by atoms with E-state index in [1.807, 2.05) is 0 Å². The number of anilines is 1. The number of phenols is 1. The fourth-order valence-electron chi connectivity index (χ4n) is 1.99. The second-order valence-corrected chi connectivity index (χ2v) is 6.43. The maximum Gasteiger partial charge on any atom is 0.335 e. The van der Waals surface area contributed by atoms with Crippen LogP contribution < -0.4 is 10.1 Å². The van der Waals surface area contributed by atoms with Crippen LogP contribution in [0.15, 0.2) is 40.9 Å². The van der Waals surface area contributed by atoms with E-state index in [1.165, 1.54) is 18.2 Å². The number of nitrogens with one attached hydrogen (secondary N) is 1. The predicted molar refractivity (Wildman–Crippen MR) is 97.6 cm³/mol. The highest BCUT2D eigenvalue weighted by molar-refractivity contribution is 9.10. The van der Waals surface area contributed by atoms with Gasteiger partial charge in [-0.1, -0.05) is 27.5 Å². The molecule has 0 aromatic heterocycles. The molecule has 0 fully saturated rings. The molecular formula is C17H15BrClNO5. The Balaban J connectivity index is 1.83. The van der Waals surface area contributed by atoms with Crippen LogP contribution in [0.25, 0.3) is 0 Å². The molecule has 0 heterocycles. The Labute approximate surface area is 157 Å². The van der Waals surface area contributed by atoms with E-state index in [0.717, 1.165) is 4.47 Å². The van der Waals surface area contributed by atoms with Crippen LogP contribution in [0.2, 0.25) is 5.02 Å². The molecule has 0 bridgehead atoms. The number of halogens is 2. The van der Waals surface area contributed by atoms with Crippen molar-refractivity contribution in [3.63, 3.8) is 0 Å². The average molecular weight is 429 g/mol. The lowest BCUT2D eigenvalue weighted by molar-refractivity contribution is -0.116. The van der Waals surface area contributed by atoms with Crippen molar-refractivity contribution in [2.24, 2.45) is 0 Å². The van der Waals surface area contributed by atoms with Gasteiger partial charge >= 0.3 is 5.97 Å². The lowest BCUT2D eigenvalue weighted by Crippen LogP contribution is -2.13. The summed E-state index contributed by atoms with van der Waals surface area (Å²) in [5.74, 6) is -1.17. The molecule has 8 heteroatoms. The Bertz CT molecular complexity index is 797. The zero-order valence-corrected chi connectivity index (χ0v) is 15.3. The number of phenolic OH excluding ortho intramolecular Hbond substituents is 1. The Morgan fingerprint density at radius 3 is 2.64 bits per heavy atom. The van der Waals surface area contributed by atoms with Crippen LogP contribution in [-0.4, -0.2) is 28.7 Å². The number of aromatic hydroxyl groups is 1. The average Bonchev–Trinajstić information content (AvgIpc) is 2.55. The summed E-state index contributed by atoms with van der Waals surface area (Å²) in [6, 6.07) is 8.91. The number of rotatable bonds is 7. The van der Waals surface area contributed by atoms with Gasteiger partial charge in [0.1, 0.15) is 11.5 Å². The molecule has 0 saturated heterocycles. The summed E-state index contributed by atoms with van der Waals surface area (Å²) in [7, 11) is 0. The number of aromatic carboxylic acids is 1. The molecule has 0 unspecified atom stereocenters. The summed E-state index contributed by atoms with van der Waals surface area (Å²) >= 11 is 9.32. The van der Waals surface area contributed by atoms with Crippen LogP contribution in [0.1, 0.15) is 23.2 Å². The van der Waals surface area contributed by atoms with E-state index < -0.39 is 5.97 Å². The monoisotopic (exact) mass is 427 g/mol. The lowest BCUT2D eigenvalue weighted by Gasteiger charge is -2.10. The van der Waals surface area contributed by atoms with Gasteiger partial charge in [0.15, 0.2) is 0 Å². The Hall–Kier alpha value is -2.25. The molecule has 1 amide bonds. The molecular weight excluding hydrogens is 414 g/mol. The van der Waals surface area contributed by atoms with Gasteiger partial charge in [-0.25, -0.2) is 4.79 Å². The first-order chi connectivity index (χ1) is 11.9.